The Bertz CT molecular complexity index is 480. The molecule has 0 bridgehead atoms. The normalized spacial score (nSPS) is 22.1. The first-order chi connectivity index (χ1) is 10.1. The number of morpholine rings is 1. The summed E-state index contributed by atoms with van der Waals surface area (Å²) in [6.45, 7) is 3.04. The lowest BCUT2D eigenvalue weighted by Gasteiger charge is -2.37. The zero-order valence-corrected chi connectivity index (χ0v) is 12.2. The highest BCUT2D eigenvalue weighted by Gasteiger charge is 2.28. The van der Waals surface area contributed by atoms with Crippen LogP contribution in [0.25, 0.3) is 0 Å². The Hall–Kier alpha value is -1.79. The van der Waals surface area contributed by atoms with Crippen LogP contribution in [0.1, 0.15) is 13.3 Å². The summed E-state index contributed by atoms with van der Waals surface area (Å²) in [5.74, 6) is 0.666. The third-order valence-electron chi connectivity index (χ3n) is 3.47. The van der Waals surface area contributed by atoms with E-state index in [-0.39, 0.29) is 31.1 Å². The van der Waals surface area contributed by atoms with E-state index in [4.69, 9.17) is 20.3 Å². The minimum Gasteiger partial charge on any atom is -0.493 e. The van der Waals surface area contributed by atoms with Gasteiger partial charge in [-0.15, -0.1) is 0 Å². The summed E-state index contributed by atoms with van der Waals surface area (Å²) in [7, 11) is 0. The van der Waals surface area contributed by atoms with Crippen molar-refractivity contribution in [1.82, 2.24) is 4.90 Å². The second-order valence-electron chi connectivity index (χ2n) is 5.20. The molecule has 1 amide bonds. The van der Waals surface area contributed by atoms with Gasteiger partial charge in [-0.1, -0.05) is 6.07 Å². The van der Waals surface area contributed by atoms with Crippen molar-refractivity contribution in [3.05, 3.63) is 24.3 Å². The largest absolute Gasteiger partial charge is 0.493 e. The maximum absolute atomic E-state index is 12.2. The molecule has 1 aliphatic rings. The molecular formula is C15H22N2O4. The standard InChI is InChI=1S/C15H22N2O4/c1-11-10-21-14(9-18)8-17(11)15(19)5-6-20-13-4-2-3-12(16)7-13/h2-4,7,11,14,18H,5-6,8-10,16H2,1H3. The molecule has 2 rings (SSSR count). The Balaban J connectivity index is 1.81. The lowest BCUT2D eigenvalue weighted by molar-refractivity contribution is -0.146. The summed E-state index contributed by atoms with van der Waals surface area (Å²) in [6, 6.07) is 7.14. The predicted molar refractivity (Wildman–Crippen MR) is 79.0 cm³/mol. The molecule has 116 valence electrons. The van der Waals surface area contributed by atoms with Crippen LogP contribution in [0.4, 0.5) is 5.69 Å². The molecule has 6 nitrogen and oxygen atoms in total. The number of rotatable bonds is 5. The fourth-order valence-electron chi connectivity index (χ4n) is 2.28. The number of anilines is 1. The number of aliphatic hydroxyl groups is 1. The molecule has 0 saturated carbocycles. The van der Waals surface area contributed by atoms with Gasteiger partial charge in [0.2, 0.25) is 5.91 Å². The van der Waals surface area contributed by atoms with Gasteiger partial charge < -0.3 is 25.2 Å². The van der Waals surface area contributed by atoms with Gasteiger partial charge in [-0.05, 0) is 19.1 Å². The number of hydrogen-bond acceptors (Lipinski definition) is 5. The van der Waals surface area contributed by atoms with E-state index in [1.54, 1.807) is 23.1 Å². The third-order valence-corrected chi connectivity index (χ3v) is 3.47. The van der Waals surface area contributed by atoms with Gasteiger partial charge in [0.15, 0.2) is 0 Å². The van der Waals surface area contributed by atoms with Gasteiger partial charge in [0.05, 0.1) is 38.4 Å². The van der Waals surface area contributed by atoms with E-state index in [0.717, 1.165) is 0 Å². The Kier molecular flexibility index (Phi) is 5.41. The molecule has 0 radical (unpaired) electrons. The summed E-state index contributed by atoms with van der Waals surface area (Å²) in [6.07, 6.45) is -0.00270. The molecule has 0 aliphatic carbocycles. The van der Waals surface area contributed by atoms with Crippen LogP contribution in [0.5, 0.6) is 5.75 Å². The molecule has 6 heteroatoms. The van der Waals surface area contributed by atoms with Gasteiger partial charge in [0, 0.05) is 18.3 Å². The molecule has 1 aromatic carbocycles. The number of nitrogen functional groups attached to an aromatic ring is 1. The van der Waals surface area contributed by atoms with Crippen LogP contribution in [0, 0.1) is 0 Å². The Labute approximate surface area is 124 Å². The minimum absolute atomic E-state index is 0.00755. The summed E-state index contributed by atoms with van der Waals surface area (Å²) in [5, 5.41) is 9.13. The number of nitrogens with two attached hydrogens (primary N) is 1. The van der Waals surface area contributed by atoms with Crippen LogP contribution in [-0.4, -0.2) is 54.4 Å². The second-order valence-corrected chi connectivity index (χ2v) is 5.20. The molecule has 1 fully saturated rings. The number of ether oxygens (including phenoxy) is 2. The fourth-order valence-corrected chi connectivity index (χ4v) is 2.28. The summed E-state index contributed by atoms with van der Waals surface area (Å²) < 4.78 is 10.9. The van der Waals surface area contributed by atoms with Gasteiger partial charge >= 0.3 is 0 Å². The zero-order valence-electron chi connectivity index (χ0n) is 12.2. The summed E-state index contributed by atoms with van der Waals surface area (Å²) in [5.41, 5.74) is 6.29. The summed E-state index contributed by atoms with van der Waals surface area (Å²) >= 11 is 0. The Morgan fingerprint density at radius 1 is 1.57 bits per heavy atom. The van der Waals surface area contributed by atoms with E-state index >= 15 is 0 Å². The average Bonchev–Trinajstić information content (AvgIpc) is 2.47. The lowest BCUT2D eigenvalue weighted by Crippen LogP contribution is -2.52. The van der Waals surface area contributed by atoms with E-state index in [1.165, 1.54) is 0 Å². The van der Waals surface area contributed by atoms with E-state index < -0.39 is 0 Å². The first kappa shape index (κ1) is 15.6. The van der Waals surface area contributed by atoms with E-state index in [0.29, 0.717) is 31.2 Å². The molecule has 3 N–H and O–H groups in total. The monoisotopic (exact) mass is 294 g/mol. The zero-order chi connectivity index (χ0) is 15.2. The van der Waals surface area contributed by atoms with E-state index in [9.17, 15) is 4.79 Å². The van der Waals surface area contributed by atoms with Crippen molar-refractivity contribution in [2.24, 2.45) is 0 Å². The van der Waals surface area contributed by atoms with Crippen molar-refractivity contribution < 1.29 is 19.4 Å². The van der Waals surface area contributed by atoms with Gasteiger partial charge in [-0.25, -0.2) is 0 Å². The molecule has 2 atom stereocenters. The van der Waals surface area contributed by atoms with Crippen LogP contribution in [-0.2, 0) is 9.53 Å². The van der Waals surface area contributed by atoms with Crippen molar-refractivity contribution in [2.45, 2.75) is 25.5 Å². The number of nitrogens with zero attached hydrogens (tertiary/aromatic N) is 1. The fraction of sp³-hybridized carbons (Fsp3) is 0.533. The van der Waals surface area contributed by atoms with Crippen molar-refractivity contribution >= 4 is 11.6 Å². The third kappa shape index (κ3) is 4.34. The van der Waals surface area contributed by atoms with Crippen LogP contribution < -0.4 is 10.5 Å². The topological polar surface area (TPSA) is 85.0 Å². The maximum Gasteiger partial charge on any atom is 0.226 e. The SMILES string of the molecule is CC1COC(CO)CN1C(=O)CCOc1cccc(N)c1. The Morgan fingerprint density at radius 2 is 2.38 bits per heavy atom. The molecule has 0 aromatic heterocycles. The maximum atomic E-state index is 12.2. The summed E-state index contributed by atoms with van der Waals surface area (Å²) in [4.78, 5) is 14.0. The first-order valence-electron chi connectivity index (χ1n) is 7.10. The lowest BCUT2D eigenvalue weighted by atomic mass is 10.2. The highest BCUT2D eigenvalue weighted by molar-refractivity contribution is 5.76. The smallest absolute Gasteiger partial charge is 0.226 e. The number of carbonyl (C=O) groups is 1. The van der Waals surface area contributed by atoms with Gasteiger partial charge in [-0.2, -0.15) is 0 Å². The second kappa shape index (κ2) is 7.28. The minimum atomic E-state index is -0.292. The molecule has 1 heterocycles. The number of amides is 1. The van der Waals surface area contributed by atoms with Crippen LogP contribution in [0.15, 0.2) is 24.3 Å². The van der Waals surface area contributed by atoms with Gasteiger partial charge in [0.1, 0.15) is 5.75 Å². The average molecular weight is 294 g/mol. The number of benzene rings is 1. The van der Waals surface area contributed by atoms with Crippen LogP contribution >= 0.6 is 0 Å². The number of carbonyl (C=O) groups excluding carboxylic acids is 1. The highest BCUT2D eigenvalue weighted by atomic mass is 16.5. The predicted octanol–water partition coefficient (Wildman–Crippen LogP) is 0.646. The quantitative estimate of drug-likeness (QED) is 0.779. The van der Waals surface area contributed by atoms with Crippen molar-refractivity contribution in [1.29, 1.82) is 0 Å². The van der Waals surface area contributed by atoms with Crippen molar-refractivity contribution in [2.75, 3.05) is 32.1 Å². The Morgan fingerprint density at radius 3 is 3.10 bits per heavy atom. The van der Waals surface area contributed by atoms with Crippen LogP contribution in [0.2, 0.25) is 0 Å². The molecule has 2 unspecified atom stereocenters. The molecule has 0 spiro atoms. The molecule has 1 saturated heterocycles. The van der Waals surface area contributed by atoms with Gasteiger partial charge in [-0.3, -0.25) is 4.79 Å². The molecule has 21 heavy (non-hydrogen) atoms. The van der Waals surface area contributed by atoms with Crippen molar-refractivity contribution in [3.63, 3.8) is 0 Å². The first-order valence-corrected chi connectivity index (χ1v) is 7.10. The number of hydrogen-bond donors (Lipinski definition) is 2. The molecule has 1 aliphatic heterocycles. The number of aliphatic hydroxyl groups excluding tert-OH is 1. The molecule has 1 aromatic rings. The highest BCUT2D eigenvalue weighted by Crippen LogP contribution is 2.16. The van der Waals surface area contributed by atoms with Gasteiger partial charge in [0.25, 0.3) is 0 Å². The molecular weight excluding hydrogens is 272 g/mol. The van der Waals surface area contributed by atoms with Crippen LogP contribution in [0.3, 0.4) is 0 Å². The van der Waals surface area contributed by atoms with Crippen molar-refractivity contribution in [3.8, 4) is 5.75 Å². The van der Waals surface area contributed by atoms with E-state index in [2.05, 4.69) is 0 Å². The van der Waals surface area contributed by atoms with E-state index in [1.807, 2.05) is 13.0 Å².